The molecule has 4 N–H and O–H groups in total. The van der Waals surface area contributed by atoms with E-state index in [0.717, 1.165) is 43.7 Å². The van der Waals surface area contributed by atoms with Crippen molar-refractivity contribution in [3.63, 3.8) is 0 Å². The molecule has 1 saturated heterocycles. The number of amides is 3. The number of hydrogen-bond donors (Lipinski definition) is 4. The van der Waals surface area contributed by atoms with E-state index in [2.05, 4.69) is 45.7 Å². The molecule has 3 heterocycles. The summed E-state index contributed by atoms with van der Waals surface area (Å²) >= 11 is 1.57. The van der Waals surface area contributed by atoms with Crippen molar-refractivity contribution in [3.8, 4) is 21.7 Å². The number of rotatable bonds is 9. The highest BCUT2D eigenvalue weighted by Gasteiger charge is 2.53. The number of aliphatic hydroxyl groups excluding tert-OH is 1. The van der Waals surface area contributed by atoms with Crippen LogP contribution in [0.4, 0.5) is 4.39 Å². The molecule has 2 aromatic carbocycles. The summed E-state index contributed by atoms with van der Waals surface area (Å²) in [6.07, 6.45) is 1.23. The fourth-order valence-corrected chi connectivity index (χ4v) is 7.00. The topological polar surface area (TPSA) is 140 Å². The number of nitrogens with one attached hydrogen (secondary N) is 3. The fourth-order valence-electron chi connectivity index (χ4n) is 6.19. The molecule has 6 rings (SSSR count). The first-order chi connectivity index (χ1) is 22.2. The van der Waals surface area contributed by atoms with E-state index in [0.29, 0.717) is 0 Å². The maximum absolute atomic E-state index is 14.5. The lowest BCUT2D eigenvalue weighted by Gasteiger charge is -2.35. The number of thiazole rings is 1. The van der Waals surface area contributed by atoms with Crippen molar-refractivity contribution in [2.75, 3.05) is 6.54 Å². The average molecular weight is 661 g/mol. The van der Waals surface area contributed by atoms with Gasteiger partial charge in [0, 0.05) is 30.5 Å². The van der Waals surface area contributed by atoms with Crippen LogP contribution in [0.5, 0.6) is 0 Å². The van der Waals surface area contributed by atoms with Crippen LogP contribution in [0.2, 0.25) is 0 Å². The van der Waals surface area contributed by atoms with E-state index in [1.54, 1.807) is 38.3 Å². The first kappa shape index (κ1) is 32.8. The number of nitrogens with zero attached hydrogens (tertiary/aromatic N) is 3. The summed E-state index contributed by atoms with van der Waals surface area (Å²) in [6, 6.07) is 10.3. The quantitative estimate of drug-likeness (QED) is 0.197. The molecule has 248 valence electrons. The molecule has 3 amide bonds. The highest BCUT2D eigenvalue weighted by Crippen LogP contribution is 2.41. The Kier molecular flexibility index (Phi) is 8.69. The van der Waals surface area contributed by atoms with Gasteiger partial charge in [-0.25, -0.2) is 9.37 Å². The lowest BCUT2D eigenvalue weighted by Crippen LogP contribution is -2.59. The predicted octanol–water partition coefficient (Wildman–Crippen LogP) is 5.09. The molecular formula is C35H41FN6O4S. The number of H-pyrrole nitrogens is 1. The standard InChI is InChI=1S/C35H41FN6O4S/c1-19(2)25-12-21(29-28(38-18-47-29)20-6-9-23-16-39-41-26(23)13-20)7-8-22(25)15-37-31(44)27-14-24(43)17-42(27)32(45)30(34(3,4)5)40-33(46)35(36)10-11-35/h6-9,12-13,16,18-19,24,27,30,43H,10-11,14-15,17H2,1-5H3,(H,37,44)(H,39,41)(H,40,46)/t24-,27+,30-/m1/s1. The van der Waals surface area contributed by atoms with Gasteiger partial charge in [0.25, 0.3) is 5.91 Å². The molecule has 0 radical (unpaired) electrons. The number of aliphatic hydroxyl groups is 1. The Morgan fingerprint density at radius 1 is 1.15 bits per heavy atom. The van der Waals surface area contributed by atoms with Crippen LogP contribution >= 0.6 is 11.3 Å². The summed E-state index contributed by atoms with van der Waals surface area (Å²) in [7, 11) is 0. The van der Waals surface area contributed by atoms with Gasteiger partial charge in [0.2, 0.25) is 11.8 Å². The van der Waals surface area contributed by atoms with Gasteiger partial charge in [-0.3, -0.25) is 19.5 Å². The number of alkyl halides is 1. The molecule has 0 unspecified atom stereocenters. The molecule has 2 fully saturated rings. The Bertz CT molecular complexity index is 1820. The Hall–Kier alpha value is -4.16. The number of carbonyl (C=O) groups is 3. The van der Waals surface area contributed by atoms with E-state index in [-0.39, 0.29) is 38.3 Å². The Balaban J connectivity index is 1.19. The zero-order valence-corrected chi connectivity index (χ0v) is 28.1. The van der Waals surface area contributed by atoms with Crippen LogP contribution in [0.25, 0.3) is 32.6 Å². The molecule has 47 heavy (non-hydrogen) atoms. The summed E-state index contributed by atoms with van der Waals surface area (Å²) in [4.78, 5) is 46.9. The van der Waals surface area contributed by atoms with Gasteiger partial charge in [-0.05, 0) is 53.0 Å². The van der Waals surface area contributed by atoms with Crippen LogP contribution < -0.4 is 10.6 Å². The summed E-state index contributed by atoms with van der Waals surface area (Å²) in [6.45, 7) is 9.72. The van der Waals surface area contributed by atoms with Gasteiger partial charge in [-0.2, -0.15) is 5.10 Å². The highest BCUT2D eigenvalue weighted by molar-refractivity contribution is 7.13. The van der Waals surface area contributed by atoms with Gasteiger partial charge in [0.15, 0.2) is 5.67 Å². The number of halogens is 1. The second-order valence-electron chi connectivity index (χ2n) is 14.1. The van der Waals surface area contributed by atoms with Crippen LogP contribution in [-0.4, -0.2) is 73.3 Å². The van der Waals surface area contributed by atoms with Gasteiger partial charge >= 0.3 is 0 Å². The summed E-state index contributed by atoms with van der Waals surface area (Å²) in [5, 5.41) is 24.3. The van der Waals surface area contributed by atoms with Crippen LogP contribution in [0.15, 0.2) is 48.1 Å². The van der Waals surface area contributed by atoms with Crippen molar-refractivity contribution in [1.82, 2.24) is 30.7 Å². The van der Waals surface area contributed by atoms with Gasteiger partial charge < -0.3 is 20.6 Å². The zero-order chi connectivity index (χ0) is 33.7. The molecule has 0 bridgehead atoms. The van der Waals surface area contributed by atoms with Crippen LogP contribution in [0.3, 0.4) is 0 Å². The third-order valence-electron chi connectivity index (χ3n) is 9.11. The first-order valence-corrected chi connectivity index (χ1v) is 16.9. The molecule has 1 aliphatic carbocycles. The SMILES string of the molecule is CC(C)c1cc(-c2scnc2-c2ccc3cn[nH]c3c2)ccc1CNC(=O)[C@@H]1C[C@@H](O)CN1C(=O)[C@@H](NC(=O)C1(F)CC1)C(C)(C)C. The highest BCUT2D eigenvalue weighted by atomic mass is 32.1. The molecule has 1 aliphatic heterocycles. The number of carbonyl (C=O) groups excluding carboxylic acids is 3. The van der Waals surface area contributed by atoms with Crippen LogP contribution in [-0.2, 0) is 20.9 Å². The van der Waals surface area contributed by atoms with Crippen molar-refractivity contribution < 1.29 is 23.9 Å². The van der Waals surface area contributed by atoms with Gasteiger partial charge in [0.05, 0.1) is 33.9 Å². The molecule has 0 spiro atoms. The number of likely N-dealkylation sites (tertiary alicyclic amines) is 1. The third kappa shape index (κ3) is 6.66. The molecule has 3 atom stereocenters. The molecule has 4 aromatic rings. The lowest BCUT2D eigenvalue weighted by atomic mass is 9.85. The summed E-state index contributed by atoms with van der Waals surface area (Å²) < 4.78 is 14.5. The van der Waals surface area contributed by atoms with Crippen molar-refractivity contribution in [3.05, 3.63) is 59.2 Å². The minimum Gasteiger partial charge on any atom is -0.391 e. The minimum atomic E-state index is -1.94. The molecule has 1 saturated carbocycles. The predicted molar refractivity (Wildman–Crippen MR) is 179 cm³/mol. The maximum atomic E-state index is 14.5. The smallest absolute Gasteiger partial charge is 0.258 e. The zero-order valence-electron chi connectivity index (χ0n) is 27.3. The second-order valence-corrected chi connectivity index (χ2v) is 15.0. The number of fused-ring (bicyclic) bond motifs is 1. The molecule has 10 nitrogen and oxygen atoms in total. The summed E-state index contributed by atoms with van der Waals surface area (Å²) in [5.74, 6) is -1.55. The third-order valence-corrected chi connectivity index (χ3v) is 9.99. The number of aromatic amines is 1. The monoisotopic (exact) mass is 660 g/mol. The van der Waals surface area contributed by atoms with E-state index in [1.165, 1.54) is 4.90 Å². The van der Waals surface area contributed by atoms with Crippen molar-refractivity contribution >= 4 is 40.0 Å². The largest absolute Gasteiger partial charge is 0.391 e. The average Bonchev–Trinajstić information content (AvgIpc) is 3.41. The van der Waals surface area contributed by atoms with Crippen molar-refractivity contribution in [1.29, 1.82) is 0 Å². The Labute approximate surface area is 277 Å². The van der Waals surface area contributed by atoms with Gasteiger partial charge in [-0.1, -0.05) is 58.9 Å². The van der Waals surface area contributed by atoms with Crippen molar-refractivity contribution in [2.45, 2.75) is 90.2 Å². The number of aromatic nitrogens is 3. The Morgan fingerprint density at radius 3 is 2.60 bits per heavy atom. The van der Waals surface area contributed by atoms with E-state index < -0.39 is 47.0 Å². The molecular weight excluding hydrogens is 619 g/mol. The van der Waals surface area contributed by atoms with E-state index in [4.69, 9.17) is 0 Å². The Morgan fingerprint density at radius 2 is 1.89 bits per heavy atom. The molecule has 12 heteroatoms. The van der Waals surface area contributed by atoms with Crippen molar-refractivity contribution in [2.24, 2.45) is 5.41 Å². The lowest BCUT2D eigenvalue weighted by molar-refractivity contribution is -0.145. The normalized spacial score (nSPS) is 19.6. The fraction of sp³-hybridized carbons (Fsp3) is 0.457. The number of β-amino-alcohol motifs (C(OH)–C–C–N with tert-alkyl or cyclic N) is 1. The van der Waals surface area contributed by atoms with E-state index in [9.17, 15) is 23.9 Å². The minimum absolute atomic E-state index is 0.0451. The van der Waals surface area contributed by atoms with Crippen LogP contribution in [0, 0.1) is 5.41 Å². The second kappa shape index (κ2) is 12.5. The molecule has 2 aromatic heterocycles. The van der Waals surface area contributed by atoms with Gasteiger partial charge in [0.1, 0.15) is 12.1 Å². The number of hydrogen-bond acceptors (Lipinski definition) is 7. The van der Waals surface area contributed by atoms with E-state index in [1.807, 2.05) is 35.8 Å². The first-order valence-electron chi connectivity index (χ1n) is 16.0. The number of benzene rings is 2. The maximum Gasteiger partial charge on any atom is 0.258 e. The molecule has 2 aliphatic rings. The summed E-state index contributed by atoms with van der Waals surface area (Å²) in [5.41, 5.74) is 5.00. The van der Waals surface area contributed by atoms with E-state index >= 15 is 0 Å². The van der Waals surface area contributed by atoms with Crippen LogP contribution in [0.1, 0.15) is 70.9 Å². The van der Waals surface area contributed by atoms with Gasteiger partial charge in [-0.15, -0.1) is 11.3 Å².